The number of alkyl halides is 3. The van der Waals surface area contributed by atoms with Gasteiger partial charge in [-0.15, -0.1) is 0 Å². The number of carbonyl (C=O) groups excluding carboxylic acids is 1. The van der Waals surface area contributed by atoms with Crippen LogP contribution in [0.1, 0.15) is 11.1 Å². The van der Waals surface area contributed by atoms with Crippen LogP contribution in [0.3, 0.4) is 0 Å². The second kappa shape index (κ2) is 11.9. The quantitative estimate of drug-likeness (QED) is 0.301. The Kier molecular flexibility index (Phi) is 8.84. The summed E-state index contributed by atoms with van der Waals surface area (Å²) in [6, 6.07) is 14.5. The van der Waals surface area contributed by atoms with E-state index in [9.17, 15) is 26.4 Å². The van der Waals surface area contributed by atoms with Crippen LogP contribution in [0.15, 0.2) is 76.7 Å². The van der Waals surface area contributed by atoms with Gasteiger partial charge in [0, 0.05) is 11.6 Å². The van der Waals surface area contributed by atoms with E-state index in [1.165, 1.54) is 82.0 Å². The molecule has 9 nitrogen and oxygen atoms in total. The molecule has 13 heteroatoms. The number of hydrogen-bond donors (Lipinski definition) is 1. The molecule has 0 fully saturated rings. The van der Waals surface area contributed by atoms with E-state index in [1.807, 2.05) is 0 Å². The fourth-order valence-electron chi connectivity index (χ4n) is 3.38. The van der Waals surface area contributed by atoms with Crippen molar-refractivity contribution in [3.8, 4) is 17.2 Å². The average molecular weight is 552 g/mol. The first-order valence-electron chi connectivity index (χ1n) is 10.9. The number of methoxy groups -OCH3 is 3. The third kappa shape index (κ3) is 6.54. The summed E-state index contributed by atoms with van der Waals surface area (Å²) in [5.41, 5.74) is 1.00. The summed E-state index contributed by atoms with van der Waals surface area (Å²) >= 11 is 0. The highest BCUT2D eigenvalue weighted by molar-refractivity contribution is 7.92. The monoisotopic (exact) mass is 551 g/mol. The number of nitrogens with zero attached hydrogens (tertiary/aromatic N) is 2. The molecule has 3 rings (SSSR count). The molecule has 0 spiro atoms. The molecule has 0 unspecified atom stereocenters. The smallest absolute Gasteiger partial charge is 0.417 e. The zero-order valence-corrected chi connectivity index (χ0v) is 21.3. The number of nitrogens with one attached hydrogen (secondary N) is 1. The van der Waals surface area contributed by atoms with Gasteiger partial charge in [-0.25, -0.2) is 13.8 Å². The minimum Gasteiger partial charge on any atom is -0.497 e. The van der Waals surface area contributed by atoms with Crippen LogP contribution in [0.2, 0.25) is 0 Å². The molecule has 0 radical (unpaired) electrons. The lowest BCUT2D eigenvalue weighted by Crippen LogP contribution is -2.39. The molecule has 0 bridgehead atoms. The number of amides is 1. The molecule has 0 saturated carbocycles. The molecule has 0 aliphatic rings. The molecule has 0 aliphatic heterocycles. The van der Waals surface area contributed by atoms with Gasteiger partial charge in [-0.3, -0.25) is 9.10 Å². The van der Waals surface area contributed by atoms with Gasteiger partial charge in [0.1, 0.15) is 12.3 Å². The van der Waals surface area contributed by atoms with Crippen LogP contribution in [-0.4, -0.2) is 48.4 Å². The molecule has 0 saturated heterocycles. The third-order valence-corrected chi connectivity index (χ3v) is 7.02. The highest BCUT2D eigenvalue weighted by Gasteiger charge is 2.32. The van der Waals surface area contributed by atoms with E-state index in [2.05, 4.69) is 10.5 Å². The van der Waals surface area contributed by atoms with Gasteiger partial charge in [-0.2, -0.15) is 18.3 Å². The lowest BCUT2D eigenvalue weighted by molar-refractivity contribution is -0.137. The zero-order chi connectivity index (χ0) is 27.9. The average Bonchev–Trinajstić information content (AvgIpc) is 2.91. The van der Waals surface area contributed by atoms with Crippen molar-refractivity contribution in [2.75, 3.05) is 32.2 Å². The number of rotatable bonds is 10. The summed E-state index contributed by atoms with van der Waals surface area (Å²) in [5.74, 6) is 0.00880. The van der Waals surface area contributed by atoms with Gasteiger partial charge in [0.25, 0.3) is 15.9 Å². The van der Waals surface area contributed by atoms with Gasteiger partial charge >= 0.3 is 6.18 Å². The van der Waals surface area contributed by atoms with E-state index in [1.54, 1.807) is 0 Å². The zero-order valence-electron chi connectivity index (χ0n) is 20.5. The molecule has 202 valence electrons. The second-order valence-electron chi connectivity index (χ2n) is 7.60. The molecule has 0 atom stereocenters. The predicted octanol–water partition coefficient (Wildman–Crippen LogP) is 4.08. The molecule has 38 heavy (non-hydrogen) atoms. The molecule has 0 heterocycles. The van der Waals surface area contributed by atoms with E-state index < -0.39 is 34.2 Å². The van der Waals surface area contributed by atoms with Crippen molar-refractivity contribution in [1.82, 2.24) is 5.43 Å². The SMILES string of the molecule is COc1ccc(N(CC(=O)N/N=C\c2ccccc2C(F)(F)F)S(=O)(=O)c2ccc(OC)c(OC)c2)cc1. The molecule has 0 aliphatic carbocycles. The maximum absolute atomic E-state index is 13.6. The number of halogens is 3. The van der Waals surface area contributed by atoms with Gasteiger partial charge in [0.05, 0.1) is 43.7 Å². The van der Waals surface area contributed by atoms with Gasteiger partial charge in [-0.1, -0.05) is 18.2 Å². The van der Waals surface area contributed by atoms with Crippen molar-refractivity contribution in [3.05, 3.63) is 77.9 Å². The Labute approximate surface area is 217 Å². The number of sulfonamides is 1. The van der Waals surface area contributed by atoms with Crippen molar-refractivity contribution in [2.45, 2.75) is 11.1 Å². The lowest BCUT2D eigenvalue weighted by atomic mass is 10.1. The maximum Gasteiger partial charge on any atom is 0.417 e. The van der Waals surface area contributed by atoms with E-state index in [4.69, 9.17) is 14.2 Å². The van der Waals surface area contributed by atoms with E-state index in [-0.39, 0.29) is 21.9 Å². The number of carbonyl (C=O) groups is 1. The Bertz CT molecular complexity index is 1410. The number of anilines is 1. The number of hydrazone groups is 1. The van der Waals surface area contributed by atoms with Crippen LogP contribution in [0.5, 0.6) is 17.2 Å². The predicted molar refractivity (Wildman–Crippen MR) is 134 cm³/mol. The summed E-state index contributed by atoms with van der Waals surface area (Å²) in [4.78, 5) is 12.5. The Hall–Kier alpha value is -4.26. The highest BCUT2D eigenvalue weighted by Crippen LogP contribution is 2.33. The van der Waals surface area contributed by atoms with E-state index in [0.29, 0.717) is 11.5 Å². The van der Waals surface area contributed by atoms with Crippen LogP contribution < -0.4 is 23.9 Å². The van der Waals surface area contributed by atoms with Crippen molar-refractivity contribution in [1.29, 1.82) is 0 Å². The summed E-state index contributed by atoms with van der Waals surface area (Å²) in [6.45, 7) is -0.735. The lowest BCUT2D eigenvalue weighted by Gasteiger charge is -2.24. The molecular weight excluding hydrogens is 527 g/mol. The topological polar surface area (TPSA) is 107 Å². The largest absolute Gasteiger partial charge is 0.497 e. The first-order chi connectivity index (χ1) is 18.0. The van der Waals surface area contributed by atoms with Crippen LogP contribution in [0, 0.1) is 0 Å². The molecule has 0 aromatic heterocycles. The van der Waals surface area contributed by atoms with Crippen LogP contribution in [0.25, 0.3) is 0 Å². The third-order valence-electron chi connectivity index (χ3n) is 5.25. The minimum atomic E-state index is -4.62. The van der Waals surface area contributed by atoms with Gasteiger partial charge in [0.15, 0.2) is 11.5 Å². The molecule has 1 N–H and O–H groups in total. The van der Waals surface area contributed by atoms with E-state index >= 15 is 0 Å². The highest BCUT2D eigenvalue weighted by atomic mass is 32.2. The molecule has 3 aromatic carbocycles. The molecular formula is C25H24F3N3O6S. The Morgan fingerprint density at radius 3 is 2.21 bits per heavy atom. The maximum atomic E-state index is 13.6. The summed E-state index contributed by atoms with van der Waals surface area (Å²) in [7, 11) is -0.152. The minimum absolute atomic E-state index is 0.127. The first-order valence-corrected chi connectivity index (χ1v) is 12.3. The standard InChI is InChI=1S/C25H24F3N3O6S/c1-35-19-10-8-18(9-11-19)31(38(33,34)20-12-13-22(36-2)23(14-20)37-3)16-24(32)30-29-15-17-6-4-5-7-21(17)25(26,27)28/h4-15H,16H2,1-3H3,(H,30,32)/b29-15-. The van der Waals surface area contributed by atoms with Gasteiger partial charge in [0.2, 0.25) is 0 Å². The Morgan fingerprint density at radius 2 is 1.61 bits per heavy atom. The Morgan fingerprint density at radius 1 is 0.947 bits per heavy atom. The number of hydrogen-bond acceptors (Lipinski definition) is 7. The van der Waals surface area contributed by atoms with E-state index in [0.717, 1.165) is 16.6 Å². The van der Waals surface area contributed by atoms with Crippen LogP contribution in [-0.2, 0) is 21.0 Å². The Balaban J connectivity index is 1.91. The number of ether oxygens (including phenoxy) is 3. The van der Waals surface area contributed by atoms with Crippen molar-refractivity contribution >= 4 is 27.8 Å². The summed E-state index contributed by atoms with van der Waals surface area (Å²) in [6.07, 6.45) is -3.79. The van der Waals surface area contributed by atoms with Gasteiger partial charge < -0.3 is 14.2 Å². The second-order valence-corrected chi connectivity index (χ2v) is 9.47. The van der Waals surface area contributed by atoms with Crippen molar-refractivity contribution < 1.29 is 40.6 Å². The fourth-order valence-corrected chi connectivity index (χ4v) is 4.81. The molecule has 3 aromatic rings. The first kappa shape index (κ1) is 28.3. The summed E-state index contributed by atoms with van der Waals surface area (Å²) in [5, 5.41) is 3.59. The van der Waals surface area contributed by atoms with Gasteiger partial charge in [-0.05, 0) is 42.5 Å². The molecule has 1 amide bonds. The van der Waals surface area contributed by atoms with Crippen LogP contribution in [0.4, 0.5) is 18.9 Å². The van der Waals surface area contributed by atoms with Crippen molar-refractivity contribution in [2.24, 2.45) is 5.10 Å². The normalized spacial score (nSPS) is 11.7. The van der Waals surface area contributed by atoms with Crippen molar-refractivity contribution in [3.63, 3.8) is 0 Å². The van der Waals surface area contributed by atoms with Crippen LogP contribution >= 0.6 is 0 Å². The fraction of sp³-hybridized carbons (Fsp3) is 0.200. The number of benzene rings is 3. The summed E-state index contributed by atoms with van der Waals surface area (Å²) < 4.78 is 83.0.